The summed E-state index contributed by atoms with van der Waals surface area (Å²) in [4.78, 5) is 14.2. The Labute approximate surface area is 83.5 Å². The first-order valence-corrected chi connectivity index (χ1v) is 4.01. The molecular weight excluding hydrogens is 201 g/mol. The van der Waals surface area contributed by atoms with Gasteiger partial charge in [0.05, 0.1) is 18.1 Å². The van der Waals surface area contributed by atoms with Crippen LogP contribution in [0.5, 0.6) is 0 Å². The van der Waals surface area contributed by atoms with Gasteiger partial charge in [-0.2, -0.15) is 4.39 Å². The number of hydrogen-bond donors (Lipinski definition) is 1. The Bertz CT molecular complexity index is 492. The van der Waals surface area contributed by atoms with Crippen molar-refractivity contribution < 1.29 is 9.18 Å². The van der Waals surface area contributed by atoms with Gasteiger partial charge in [-0.3, -0.25) is 4.79 Å². The summed E-state index contributed by atoms with van der Waals surface area (Å²) in [6.07, 6.45) is 2.62. The standard InChI is InChI=1S/C8H6FN5O/c9-7-2-1-5(3-11-7)14-4-6(8(10)15)12-13-14/h1-4H,(H2,10,15). The summed E-state index contributed by atoms with van der Waals surface area (Å²) in [7, 11) is 0. The quantitative estimate of drug-likeness (QED) is 0.696. The van der Waals surface area contributed by atoms with E-state index in [0.29, 0.717) is 5.69 Å². The van der Waals surface area contributed by atoms with Crippen LogP contribution in [0.1, 0.15) is 10.5 Å². The van der Waals surface area contributed by atoms with Crippen LogP contribution in [0.3, 0.4) is 0 Å². The summed E-state index contributed by atoms with van der Waals surface area (Å²) < 4.78 is 13.8. The fraction of sp³-hybridized carbons (Fsp3) is 0. The third-order valence-electron chi connectivity index (χ3n) is 1.72. The van der Waals surface area contributed by atoms with E-state index in [0.717, 1.165) is 0 Å². The Balaban J connectivity index is 2.37. The summed E-state index contributed by atoms with van der Waals surface area (Å²) in [5, 5.41) is 7.17. The molecule has 0 spiro atoms. The van der Waals surface area contributed by atoms with Gasteiger partial charge in [0.2, 0.25) is 5.95 Å². The van der Waals surface area contributed by atoms with Gasteiger partial charge in [-0.1, -0.05) is 5.21 Å². The molecule has 0 fully saturated rings. The van der Waals surface area contributed by atoms with E-state index in [1.165, 1.54) is 29.2 Å². The number of pyridine rings is 1. The first-order valence-electron chi connectivity index (χ1n) is 4.01. The van der Waals surface area contributed by atoms with Gasteiger partial charge in [0, 0.05) is 0 Å². The van der Waals surface area contributed by atoms with E-state index in [-0.39, 0.29) is 5.69 Å². The Morgan fingerprint density at radius 3 is 2.80 bits per heavy atom. The minimum Gasteiger partial charge on any atom is -0.364 e. The molecular formula is C8H6FN5O. The van der Waals surface area contributed by atoms with Crippen LogP contribution < -0.4 is 5.73 Å². The maximum Gasteiger partial charge on any atom is 0.270 e. The molecule has 2 aromatic rings. The van der Waals surface area contributed by atoms with Crippen molar-refractivity contribution in [2.75, 3.05) is 0 Å². The molecule has 0 saturated carbocycles. The number of rotatable bonds is 2. The maximum absolute atomic E-state index is 12.5. The fourth-order valence-corrected chi connectivity index (χ4v) is 1.01. The third kappa shape index (κ3) is 1.80. The summed E-state index contributed by atoms with van der Waals surface area (Å²) in [5.74, 6) is -1.26. The van der Waals surface area contributed by atoms with Crippen molar-refractivity contribution in [3.05, 3.63) is 36.2 Å². The predicted octanol–water partition coefficient (Wildman–Crippen LogP) is -0.0997. The highest BCUT2D eigenvalue weighted by Gasteiger charge is 2.07. The second-order valence-electron chi connectivity index (χ2n) is 2.75. The number of carbonyl (C=O) groups is 1. The number of nitrogens with two attached hydrogens (primary N) is 1. The normalized spacial score (nSPS) is 10.2. The monoisotopic (exact) mass is 207 g/mol. The van der Waals surface area contributed by atoms with Crippen LogP contribution in [-0.4, -0.2) is 25.9 Å². The van der Waals surface area contributed by atoms with E-state index in [1.54, 1.807) is 0 Å². The van der Waals surface area contributed by atoms with E-state index < -0.39 is 11.9 Å². The fourth-order valence-electron chi connectivity index (χ4n) is 1.01. The molecule has 6 nitrogen and oxygen atoms in total. The zero-order chi connectivity index (χ0) is 10.8. The first kappa shape index (κ1) is 9.25. The van der Waals surface area contributed by atoms with Gasteiger partial charge in [-0.15, -0.1) is 5.10 Å². The van der Waals surface area contributed by atoms with E-state index in [9.17, 15) is 9.18 Å². The van der Waals surface area contributed by atoms with Gasteiger partial charge < -0.3 is 5.73 Å². The zero-order valence-electron chi connectivity index (χ0n) is 7.46. The van der Waals surface area contributed by atoms with Gasteiger partial charge in [0.15, 0.2) is 5.69 Å². The Morgan fingerprint density at radius 1 is 1.47 bits per heavy atom. The van der Waals surface area contributed by atoms with Crippen LogP contribution >= 0.6 is 0 Å². The average Bonchev–Trinajstić information content (AvgIpc) is 2.68. The van der Waals surface area contributed by atoms with Crippen molar-refractivity contribution in [2.24, 2.45) is 5.73 Å². The van der Waals surface area contributed by atoms with Crippen molar-refractivity contribution in [1.29, 1.82) is 0 Å². The van der Waals surface area contributed by atoms with Crippen LogP contribution in [0, 0.1) is 5.95 Å². The molecule has 0 aliphatic carbocycles. The Morgan fingerprint density at radius 2 is 2.27 bits per heavy atom. The second kappa shape index (κ2) is 3.45. The predicted molar refractivity (Wildman–Crippen MR) is 47.6 cm³/mol. The molecule has 2 aromatic heterocycles. The van der Waals surface area contributed by atoms with E-state index in [1.807, 2.05) is 0 Å². The van der Waals surface area contributed by atoms with E-state index in [2.05, 4.69) is 15.3 Å². The second-order valence-corrected chi connectivity index (χ2v) is 2.75. The molecule has 0 aliphatic rings. The van der Waals surface area contributed by atoms with Crippen molar-refractivity contribution in [3.63, 3.8) is 0 Å². The molecule has 0 saturated heterocycles. The molecule has 0 unspecified atom stereocenters. The third-order valence-corrected chi connectivity index (χ3v) is 1.72. The molecule has 0 radical (unpaired) electrons. The number of hydrogen-bond acceptors (Lipinski definition) is 4. The summed E-state index contributed by atoms with van der Waals surface area (Å²) in [6, 6.07) is 2.64. The van der Waals surface area contributed by atoms with Crippen molar-refractivity contribution in [1.82, 2.24) is 20.0 Å². The molecule has 1 amide bonds. The van der Waals surface area contributed by atoms with Crippen molar-refractivity contribution in [2.45, 2.75) is 0 Å². The number of aromatic nitrogens is 4. The van der Waals surface area contributed by atoms with Crippen molar-refractivity contribution in [3.8, 4) is 5.69 Å². The minimum atomic E-state index is -0.670. The zero-order valence-corrected chi connectivity index (χ0v) is 7.46. The summed E-state index contributed by atoms with van der Waals surface area (Å²) in [6.45, 7) is 0. The number of carbonyl (C=O) groups excluding carboxylic acids is 1. The minimum absolute atomic E-state index is 0.0410. The lowest BCUT2D eigenvalue weighted by Gasteiger charge is -1.97. The molecule has 0 aliphatic heterocycles. The van der Waals surface area contributed by atoms with Crippen molar-refractivity contribution >= 4 is 5.91 Å². The van der Waals surface area contributed by atoms with Crippen LogP contribution in [0.25, 0.3) is 5.69 Å². The van der Waals surface area contributed by atoms with E-state index in [4.69, 9.17) is 5.73 Å². The first-order chi connectivity index (χ1) is 7.16. The molecule has 15 heavy (non-hydrogen) atoms. The number of amides is 1. The topological polar surface area (TPSA) is 86.7 Å². The van der Waals surface area contributed by atoms with Crippen LogP contribution in [0.4, 0.5) is 4.39 Å². The molecule has 76 valence electrons. The lowest BCUT2D eigenvalue weighted by molar-refractivity contribution is 0.0995. The highest BCUT2D eigenvalue weighted by Crippen LogP contribution is 2.05. The maximum atomic E-state index is 12.5. The highest BCUT2D eigenvalue weighted by atomic mass is 19.1. The smallest absolute Gasteiger partial charge is 0.270 e. The molecule has 2 rings (SSSR count). The number of primary amides is 1. The molecule has 7 heteroatoms. The Hall–Kier alpha value is -2.31. The summed E-state index contributed by atoms with van der Waals surface area (Å²) in [5.41, 5.74) is 5.54. The van der Waals surface area contributed by atoms with Gasteiger partial charge in [0.1, 0.15) is 0 Å². The molecule has 0 atom stereocenters. The van der Waals surface area contributed by atoms with Crippen LogP contribution in [-0.2, 0) is 0 Å². The SMILES string of the molecule is NC(=O)c1cn(-c2ccc(F)nc2)nn1. The number of halogens is 1. The number of nitrogens with zero attached hydrogens (tertiary/aromatic N) is 4. The highest BCUT2D eigenvalue weighted by molar-refractivity contribution is 5.90. The summed E-state index contributed by atoms with van der Waals surface area (Å²) >= 11 is 0. The van der Waals surface area contributed by atoms with Crippen LogP contribution in [0.2, 0.25) is 0 Å². The lowest BCUT2D eigenvalue weighted by Crippen LogP contribution is -2.11. The van der Waals surface area contributed by atoms with Gasteiger partial charge in [0.25, 0.3) is 5.91 Å². The largest absolute Gasteiger partial charge is 0.364 e. The molecule has 0 bridgehead atoms. The lowest BCUT2D eigenvalue weighted by atomic mass is 10.4. The van der Waals surface area contributed by atoms with Gasteiger partial charge >= 0.3 is 0 Å². The van der Waals surface area contributed by atoms with Gasteiger partial charge in [-0.05, 0) is 12.1 Å². The molecule has 2 N–H and O–H groups in total. The Kier molecular flexibility index (Phi) is 2.13. The molecule has 0 aromatic carbocycles. The van der Waals surface area contributed by atoms with E-state index >= 15 is 0 Å². The van der Waals surface area contributed by atoms with Crippen LogP contribution in [0.15, 0.2) is 24.5 Å². The van der Waals surface area contributed by atoms with Gasteiger partial charge in [-0.25, -0.2) is 9.67 Å². The molecule has 2 heterocycles. The average molecular weight is 207 g/mol.